The first kappa shape index (κ1) is 13.7. The molecule has 2 aromatic rings. The van der Waals surface area contributed by atoms with Crippen LogP contribution >= 0.6 is 11.3 Å². The summed E-state index contributed by atoms with van der Waals surface area (Å²) in [5.41, 5.74) is 1.52. The maximum atomic E-state index is 13.7. The summed E-state index contributed by atoms with van der Waals surface area (Å²) in [6.45, 7) is 4.04. The third-order valence-corrected chi connectivity index (χ3v) is 3.59. The maximum absolute atomic E-state index is 13.7. The van der Waals surface area contributed by atoms with Gasteiger partial charge in [0.25, 0.3) is 5.91 Å². The van der Waals surface area contributed by atoms with Crippen LogP contribution in [0.4, 0.5) is 4.39 Å². The number of aromatic nitrogens is 1. The molecule has 1 heterocycles. The number of hydrogen-bond donors (Lipinski definition) is 1. The molecule has 0 aliphatic rings. The summed E-state index contributed by atoms with van der Waals surface area (Å²) in [5.74, 6) is -0.836. The van der Waals surface area contributed by atoms with Gasteiger partial charge in [0.2, 0.25) is 0 Å². The summed E-state index contributed by atoms with van der Waals surface area (Å²) in [4.78, 5) is 16.1. The normalized spacial score (nSPS) is 10.5. The molecule has 1 aromatic carbocycles. The molecule has 5 heteroatoms. The SMILES string of the molecule is Cc1nc(CCNC(=O)c2cccc(C)c2F)cs1. The summed E-state index contributed by atoms with van der Waals surface area (Å²) < 4.78 is 13.7. The zero-order valence-corrected chi connectivity index (χ0v) is 11.7. The van der Waals surface area contributed by atoms with Gasteiger partial charge >= 0.3 is 0 Å². The number of amides is 1. The molecule has 2 rings (SSSR count). The van der Waals surface area contributed by atoms with E-state index in [9.17, 15) is 9.18 Å². The van der Waals surface area contributed by atoms with Crippen molar-refractivity contribution in [2.24, 2.45) is 0 Å². The number of halogens is 1. The molecule has 0 aliphatic heterocycles. The van der Waals surface area contributed by atoms with Gasteiger partial charge in [0.05, 0.1) is 16.3 Å². The quantitative estimate of drug-likeness (QED) is 0.934. The Morgan fingerprint density at radius 1 is 1.42 bits per heavy atom. The number of nitrogens with one attached hydrogen (secondary N) is 1. The van der Waals surface area contributed by atoms with Crippen molar-refractivity contribution in [3.63, 3.8) is 0 Å². The molecular formula is C14H15FN2OS. The van der Waals surface area contributed by atoms with Crippen LogP contribution in [0, 0.1) is 19.7 Å². The smallest absolute Gasteiger partial charge is 0.254 e. The summed E-state index contributed by atoms with van der Waals surface area (Å²) >= 11 is 1.58. The van der Waals surface area contributed by atoms with Crippen LogP contribution in [0.25, 0.3) is 0 Å². The van der Waals surface area contributed by atoms with E-state index >= 15 is 0 Å². The monoisotopic (exact) mass is 278 g/mol. The van der Waals surface area contributed by atoms with Gasteiger partial charge in [-0.25, -0.2) is 9.37 Å². The van der Waals surface area contributed by atoms with Crippen LogP contribution < -0.4 is 5.32 Å². The van der Waals surface area contributed by atoms with E-state index in [0.29, 0.717) is 18.5 Å². The van der Waals surface area contributed by atoms with Crippen LogP contribution in [0.2, 0.25) is 0 Å². The van der Waals surface area contributed by atoms with Crippen molar-refractivity contribution in [2.45, 2.75) is 20.3 Å². The van der Waals surface area contributed by atoms with Crippen LogP contribution in [0.1, 0.15) is 26.6 Å². The predicted molar refractivity (Wildman–Crippen MR) is 74.0 cm³/mol. The van der Waals surface area contributed by atoms with E-state index in [0.717, 1.165) is 10.7 Å². The zero-order valence-electron chi connectivity index (χ0n) is 10.9. The molecule has 0 radical (unpaired) electrons. The third kappa shape index (κ3) is 3.38. The van der Waals surface area contributed by atoms with Gasteiger partial charge in [-0.05, 0) is 25.5 Å². The minimum Gasteiger partial charge on any atom is -0.352 e. The lowest BCUT2D eigenvalue weighted by Gasteiger charge is -2.06. The molecule has 1 aromatic heterocycles. The number of rotatable bonds is 4. The Morgan fingerprint density at radius 2 is 2.21 bits per heavy atom. The summed E-state index contributed by atoms with van der Waals surface area (Å²) in [6.07, 6.45) is 0.656. The molecule has 0 saturated carbocycles. The van der Waals surface area contributed by atoms with Crippen molar-refractivity contribution in [3.05, 3.63) is 51.2 Å². The highest BCUT2D eigenvalue weighted by atomic mass is 32.1. The van der Waals surface area contributed by atoms with Gasteiger partial charge in [0, 0.05) is 18.3 Å². The second kappa shape index (κ2) is 5.93. The van der Waals surface area contributed by atoms with E-state index in [4.69, 9.17) is 0 Å². The molecule has 0 unspecified atom stereocenters. The maximum Gasteiger partial charge on any atom is 0.254 e. The molecule has 0 spiro atoms. The topological polar surface area (TPSA) is 42.0 Å². The fourth-order valence-corrected chi connectivity index (χ4v) is 2.39. The lowest BCUT2D eigenvalue weighted by molar-refractivity contribution is 0.0950. The van der Waals surface area contributed by atoms with Gasteiger partial charge in [-0.3, -0.25) is 4.79 Å². The average molecular weight is 278 g/mol. The van der Waals surface area contributed by atoms with Crippen LogP contribution in [0.15, 0.2) is 23.6 Å². The number of carbonyl (C=O) groups excluding carboxylic acids is 1. The van der Waals surface area contributed by atoms with Crippen molar-refractivity contribution >= 4 is 17.2 Å². The number of benzene rings is 1. The second-order valence-corrected chi connectivity index (χ2v) is 5.36. The Hall–Kier alpha value is -1.75. The minimum atomic E-state index is -0.454. The Balaban J connectivity index is 1.93. The number of nitrogens with zero attached hydrogens (tertiary/aromatic N) is 1. The van der Waals surface area contributed by atoms with Gasteiger partial charge in [0.1, 0.15) is 5.82 Å². The van der Waals surface area contributed by atoms with Crippen LogP contribution in [-0.2, 0) is 6.42 Å². The van der Waals surface area contributed by atoms with Crippen LogP contribution in [-0.4, -0.2) is 17.4 Å². The van der Waals surface area contributed by atoms with Crippen molar-refractivity contribution in [3.8, 4) is 0 Å². The molecule has 0 atom stereocenters. The Labute approximate surface area is 115 Å². The molecule has 1 N–H and O–H groups in total. The zero-order chi connectivity index (χ0) is 13.8. The molecule has 0 saturated heterocycles. The fourth-order valence-electron chi connectivity index (χ4n) is 1.75. The predicted octanol–water partition coefficient (Wildman–Crippen LogP) is 2.87. The number of hydrogen-bond acceptors (Lipinski definition) is 3. The van der Waals surface area contributed by atoms with Crippen molar-refractivity contribution in [1.29, 1.82) is 0 Å². The van der Waals surface area contributed by atoms with Gasteiger partial charge in [-0.2, -0.15) is 0 Å². The second-order valence-electron chi connectivity index (χ2n) is 4.30. The molecule has 0 fully saturated rings. The molecule has 3 nitrogen and oxygen atoms in total. The van der Waals surface area contributed by atoms with Crippen molar-refractivity contribution in [2.75, 3.05) is 6.54 Å². The highest BCUT2D eigenvalue weighted by Crippen LogP contribution is 2.12. The lowest BCUT2D eigenvalue weighted by Crippen LogP contribution is -2.26. The minimum absolute atomic E-state index is 0.0921. The Morgan fingerprint density at radius 3 is 2.89 bits per heavy atom. The van der Waals surface area contributed by atoms with E-state index in [2.05, 4.69) is 10.3 Å². The molecular weight excluding hydrogens is 263 g/mol. The van der Waals surface area contributed by atoms with E-state index in [1.165, 1.54) is 6.07 Å². The Kier molecular flexibility index (Phi) is 4.27. The third-order valence-electron chi connectivity index (χ3n) is 2.77. The molecule has 0 aliphatic carbocycles. The largest absolute Gasteiger partial charge is 0.352 e. The van der Waals surface area contributed by atoms with Gasteiger partial charge in [-0.15, -0.1) is 11.3 Å². The van der Waals surface area contributed by atoms with E-state index in [1.54, 1.807) is 30.4 Å². The highest BCUT2D eigenvalue weighted by Gasteiger charge is 2.12. The Bertz CT molecular complexity index is 595. The number of thiazole rings is 1. The van der Waals surface area contributed by atoms with Gasteiger partial charge in [0.15, 0.2) is 0 Å². The summed E-state index contributed by atoms with van der Waals surface area (Å²) in [5, 5.41) is 5.68. The van der Waals surface area contributed by atoms with Gasteiger partial charge in [-0.1, -0.05) is 12.1 Å². The molecule has 100 valence electrons. The average Bonchev–Trinajstić information content (AvgIpc) is 2.78. The first-order valence-corrected chi connectivity index (χ1v) is 6.90. The van der Waals surface area contributed by atoms with E-state index in [-0.39, 0.29) is 11.5 Å². The van der Waals surface area contributed by atoms with Crippen molar-refractivity contribution < 1.29 is 9.18 Å². The standard InChI is InChI=1S/C14H15FN2OS/c1-9-4-3-5-12(13(9)15)14(18)16-7-6-11-8-19-10(2)17-11/h3-5,8H,6-7H2,1-2H3,(H,16,18). The first-order chi connectivity index (χ1) is 9.08. The number of carbonyl (C=O) groups is 1. The molecule has 0 bridgehead atoms. The number of aryl methyl sites for hydroxylation is 2. The van der Waals surface area contributed by atoms with E-state index in [1.807, 2.05) is 12.3 Å². The lowest BCUT2D eigenvalue weighted by atomic mass is 10.1. The van der Waals surface area contributed by atoms with Gasteiger partial charge < -0.3 is 5.32 Å². The van der Waals surface area contributed by atoms with Crippen LogP contribution in [0.5, 0.6) is 0 Å². The molecule has 1 amide bonds. The molecule has 19 heavy (non-hydrogen) atoms. The highest BCUT2D eigenvalue weighted by molar-refractivity contribution is 7.09. The summed E-state index contributed by atoms with van der Waals surface area (Å²) in [7, 11) is 0. The van der Waals surface area contributed by atoms with E-state index < -0.39 is 5.82 Å². The fraction of sp³-hybridized carbons (Fsp3) is 0.286. The van der Waals surface area contributed by atoms with Crippen LogP contribution in [0.3, 0.4) is 0 Å². The first-order valence-electron chi connectivity index (χ1n) is 6.02. The van der Waals surface area contributed by atoms with Crippen molar-refractivity contribution in [1.82, 2.24) is 10.3 Å². The summed E-state index contributed by atoms with van der Waals surface area (Å²) in [6, 6.07) is 4.81.